The Kier molecular flexibility index (Phi) is 4.60. The van der Waals surface area contributed by atoms with Crippen molar-refractivity contribution in [2.24, 2.45) is 0 Å². The highest BCUT2D eigenvalue weighted by atomic mass is 35.5. The van der Waals surface area contributed by atoms with Gasteiger partial charge >= 0.3 is 5.97 Å². The van der Waals surface area contributed by atoms with Crippen LogP contribution >= 0.6 is 23.2 Å². The Morgan fingerprint density at radius 1 is 1.09 bits per heavy atom. The number of rotatable bonds is 4. The Hall–Kier alpha value is -1.83. The monoisotopic (exact) mass is 363 g/mol. The lowest BCUT2D eigenvalue weighted by Gasteiger charge is -2.11. The molecule has 9 heteroatoms. The van der Waals surface area contributed by atoms with Gasteiger partial charge in [-0.25, -0.2) is 17.6 Å². The molecule has 0 bridgehead atoms. The molecule has 0 radical (unpaired) electrons. The van der Waals surface area contributed by atoms with Crippen LogP contribution in [0, 0.1) is 5.82 Å². The molecule has 0 saturated heterocycles. The molecule has 0 atom stereocenters. The second-order valence-corrected chi connectivity index (χ2v) is 6.67. The molecule has 0 heterocycles. The average molecular weight is 364 g/mol. The molecule has 2 N–H and O–H groups in total. The third-order valence-electron chi connectivity index (χ3n) is 2.66. The standard InChI is InChI=1S/C13H8Cl2FNO4S/c14-10-3-2-8(6-11(10)15)22(20,21)17-12-4-1-7(16)5-9(12)13(18)19/h1-6,17H,(H,18,19). The second kappa shape index (κ2) is 6.12. The van der Waals surface area contributed by atoms with Crippen LogP contribution in [0.1, 0.15) is 10.4 Å². The Bertz CT molecular complexity index is 855. The normalized spacial score (nSPS) is 11.2. The molecule has 0 fully saturated rings. The topological polar surface area (TPSA) is 83.5 Å². The van der Waals surface area contributed by atoms with Crippen molar-refractivity contribution in [3.8, 4) is 0 Å². The Morgan fingerprint density at radius 3 is 2.36 bits per heavy atom. The van der Waals surface area contributed by atoms with E-state index in [4.69, 9.17) is 28.3 Å². The van der Waals surface area contributed by atoms with Crippen LogP contribution in [0.4, 0.5) is 10.1 Å². The van der Waals surface area contributed by atoms with Crippen molar-refractivity contribution in [3.05, 3.63) is 57.8 Å². The summed E-state index contributed by atoms with van der Waals surface area (Å²) in [7, 11) is -4.10. The highest BCUT2D eigenvalue weighted by Crippen LogP contribution is 2.27. The smallest absolute Gasteiger partial charge is 0.337 e. The number of nitrogens with one attached hydrogen (secondary N) is 1. The van der Waals surface area contributed by atoms with E-state index in [1.165, 1.54) is 12.1 Å². The van der Waals surface area contributed by atoms with E-state index in [1.807, 2.05) is 0 Å². The molecule has 2 aromatic carbocycles. The molecule has 2 aromatic rings. The summed E-state index contributed by atoms with van der Waals surface area (Å²) in [5.74, 6) is -2.26. The zero-order valence-corrected chi connectivity index (χ0v) is 13.0. The molecule has 0 aromatic heterocycles. The molecular formula is C13H8Cl2FNO4S. The predicted molar refractivity (Wildman–Crippen MR) is 80.6 cm³/mol. The SMILES string of the molecule is O=C(O)c1cc(F)ccc1NS(=O)(=O)c1ccc(Cl)c(Cl)c1. The Labute approximate surface area is 135 Å². The van der Waals surface area contributed by atoms with Crippen LogP contribution < -0.4 is 4.72 Å². The van der Waals surface area contributed by atoms with Crippen molar-refractivity contribution >= 4 is 44.9 Å². The number of carboxylic acids is 1. The minimum atomic E-state index is -4.10. The van der Waals surface area contributed by atoms with E-state index < -0.39 is 27.4 Å². The fourth-order valence-corrected chi connectivity index (χ4v) is 3.10. The van der Waals surface area contributed by atoms with Gasteiger partial charge in [0.05, 0.1) is 26.2 Å². The van der Waals surface area contributed by atoms with Gasteiger partial charge in [0.2, 0.25) is 0 Å². The van der Waals surface area contributed by atoms with Crippen molar-refractivity contribution in [2.75, 3.05) is 4.72 Å². The number of hydrogen-bond donors (Lipinski definition) is 2. The van der Waals surface area contributed by atoms with Crippen molar-refractivity contribution in [3.63, 3.8) is 0 Å². The largest absolute Gasteiger partial charge is 0.478 e. The maximum Gasteiger partial charge on any atom is 0.337 e. The van der Waals surface area contributed by atoms with Gasteiger partial charge in [0.1, 0.15) is 5.82 Å². The first-order valence-electron chi connectivity index (χ1n) is 5.71. The first-order chi connectivity index (χ1) is 10.2. The van der Waals surface area contributed by atoms with Gasteiger partial charge in [-0.05, 0) is 36.4 Å². The number of aromatic carboxylic acids is 1. The highest BCUT2D eigenvalue weighted by Gasteiger charge is 2.20. The molecule has 0 amide bonds. The van der Waals surface area contributed by atoms with E-state index in [0.29, 0.717) is 0 Å². The second-order valence-electron chi connectivity index (χ2n) is 4.18. The van der Waals surface area contributed by atoms with Crippen molar-refractivity contribution in [1.82, 2.24) is 0 Å². The minimum Gasteiger partial charge on any atom is -0.478 e. The van der Waals surface area contributed by atoms with Crippen LogP contribution in [0.15, 0.2) is 41.3 Å². The zero-order valence-electron chi connectivity index (χ0n) is 10.7. The molecule has 0 aliphatic carbocycles. The molecule has 116 valence electrons. The molecule has 5 nitrogen and oxygen atoms in total. The van der Waals surface area contributed by atoms with Crippen molar-refractivity contribution in [1.29, 1.82) is 0 Å². The van der Waals surface area contributed by atoms with E-state index in [9.17, 15) is 17.6 Å². The number of carboxylic acid groups (broad SMARTS) is 1. The van der Waals surface area contributed by atoms with Crippen LogP contribution in [-0.4, -0.2) is 19.5 Å². The summed E-state index contributed by atoms with van der Waals surface area (Å²) in [4.78, 5) is 10.8. The third kappa shape index (κ3) is 3.49. The van der Waals surface area contributed by atoms with Gasteiger partial charge in [-0.1, -0.05) is 23.2 Å². The maximum absolute atomic E-state index is 13.1. The quantitative estimate of drug-likeness (QED) is 0.868. The van der Waals surface area contributed by atoms with Crippen LogP contribution in [0.25, 0.3) is 0 Å². The van der Waals surface area contributed by atoms with Crippen molar-refractivity contribution in [2.45, 2.75) is 4.90 Å². The molecule has 0 unspecified atom stereocenters. The van der Waals surface area contributed by atoms with E-state index >= 15 is 0 Å². The van der Waals surface area contributed by atoms with Crippen LogP contribution in [0.5, 0.6) is 0 Å². The fourth-order valence-electron chi connectivity index (χ4n) is 1.63. The van der Waals surface area contributed by atoms with Crippen LogP contribution in [0.2, 0.25) is 10.0 Å². The van der Waals surface area contributed by atoms with Crippen LogP contribution in [-0.2, 0) is 10.0 Å². The number of hydrogen-bond acceptors (Lipinski definition) is 3. The Morgan fingerprint density at radius 2 is 1.77 bits per heavy atom. The van der Waals surface area contributed by atoms with E-state index in [0.717, 1.165) is 24.3 Å². The molecule has 22 heavy (non-hydrogen) atoms. The number of sulfonamides is 1. The molecule has 2 rings (SSSR count). The first kappa shape index (κ1) is 16.5. The number of benzene rings is 2. The molecule has 0 saturated carbocycles. The molecular weight excluding hydrogens is 356 g/mol. The summed E-state index contributed by atoms with van der Waals surface area (Å²) in [6, 6.07) is 6.31. The molecule has 0 aliphatic rings. The lowest BCUT2D eigenvalue weighted by Crippen LogP contribution is -2.15. The number of carbonyl (C=O) groups is 1. The highest BCUT2D eigenvalue weighted by molar-refractivity contribution is 7.92. The fraction of sp³-hybridized carbons (Fsp3) is 0. The Balaban J connectivity index is 2.45. The minimum absolute atomic E-state index is 0.0297. The van der Waals surface area contributed by atoms with Crippen LogP contribution in [0.3, 0.4) is 0 Å². The summed E-state index contributed by atoms with van der Waals surface area (Å²) in [5, 5.41) is 9.20. The van der Waals surface area contributed by atoms with Gasteiger partial charge in [0, 0.05) is 0 Å². The van der Waals surface area contributed by atoms with Gasteiger partial charge in [-0.15, -0.1) is 0 Å². The number of halogens is 3. The van der Waals surface area contributed by atoms with Crippen molar-refractivity contribution < 1.29 is 22.7 Å². The predicted octanol–water partition coefficient (Wildman–Crippen LogP) is 3.63. The molecule has 0 spiro atoms. The van der Waals surface area contributed by atoms with Gasteiger partial charge in [0.15, 0.2) is 0 Å². The van der Waals surface area contributed by atoms with E-state index in [-0.39, 0.29) is 20.6 Å². The summed E-state index contributed by atoms with van der Waals surface area (Å²) >= 11 is 11.5. The maximum atomic E-state index is 13.1. The van der Waals surface area contributed by atoms with Gasteiger partial charge in [0.25, 0.3) is 10.0 Å². The van der Waals surface area contributed by atoms with Gasteiger partial charge in [-0.2, -0.15) is 0 Å². The average Bonchev–Trinajstić information content (AvgIpc) is 2.43. The van der Waals surface area contributed by atoms with E-state index in [2.05, 4.69) is 4.72 Å². The first-order valence-corrected chi connectivity index (χ1v) is 7.95. The van der Waals surface area contributed by atoms with E-state index in [1.54, 1.807) is 0 Å². The zero-order chi connectivity index (χ0) is 16.5. The lowest BCUT2D eigenvalue weighted by atomic mass is 10.2. The van der Waals surface area contributed by atoms with Gasteiger partial charge in [-0.3, -0.25) is 4.72 Å². The summed E-state index contributed by atoms with van der Waals surface area (Å²) < 4.78 is 39.6. The lowest BCUT2D eigenvalue weighted by molar-refractivity contribution is 0.0697. The number of anilines is 1. The summed E-state index contributed by atoms with van der Waals surface area (Å²) in [6.07, 6.45) is 0. The molecule has 0 aliphatic heterocycles. The van der Waals surface area contributed by atoms with Gasteiger partial charge < -0.3 is 5.11 Å². The summed E-state index contributed by atoms with van der Waals surface area (Å²) in [5.41, 5.74) is -0.774. The third-order valence-corrected chi connectivity index (χ3v) is 4.76. The summed E-state index contributed by atoms with van der Waals surface area (Å²) in [6.45, 7) is 0.